The highest BCUT2D eigenvalue weighted by Crippen LogP contribution is 2.28. The molecule has 3 rings (SSSR count). The molecule has 0 spiro atoms. The Hall–Kier alpha value is -3.28. The number of carbonyl (C=O) groups is 2. The average molecular weight is 367 g/mol. The number of nitrogens with zero attached hydrogens (tertiary/aromatic N) is 1. The zero-order valence-corrected chi connectivity index (χ0v) is 15.3. The Morgan fingerprint density at radius 1 is 1.07 bits per heavy atom. The van der Waals surface area contributed by atoms with E-state index >= 15 is 0 Å². The summed E-state index contributed by atoms with van der Waals surface area (Å²) >= 11 is 0. The van der Waals surface area contributed by atoms with Gasteiger partial charge in [0.25, 0.3) is 5.91 Å². The molecule has 0 aromatic heterocycles. The molecule has 1 aliphatic heterocycles. The van der Waals surface area contributed by atoms with E-state index in [1.54, 1.807) is 43.4 Å². The van der Waals surface area contributed by atoms with E-state index in [-0.39, 0.29) is 12.5 Å². The third kappa shape index (κ3) is 4.28. The molecule has 0 bridgehead atoms. The second-order valence-corrected chi connectivity index (χ2v) is 5.98. The van der Waals surface area contributed by atoms with Crippen LogP contribution in [-0.2, 0) is 20.7 Å². The van der Waals surface area contributed by atoms with Crippen molar-refractivity contribution < 1.29 is 23.8 Å². The largest absolute Gasteiger partial charge is 0.493 e. The number of esters is 1. The van der Waals surface area contributed by atoms with Gasteiger partial charge < -0.3 is 19.1 Å². The molecule has 27 heavy (non-hydrogen) atoms. The molecule has 0 saturated heterocycles. The van der Waals surface area contributed by atoms with Crippen LogP contribution in [0.5, 0.6) is 11.5 Å². The molecule has 6 heteroatoms. The van der Waals surface area contributed by atoms with E-state index < -0.39 is 5.97 Å². The van der Waals surface area contributed by atoms with Crippen LogP contribution < -0.4 is 14.4 Å². The predicted molar refractivity (Wildman–Crippen MR) is 102 cm³/mol. The van der Waals surface area contributed by atoms with Crippen LogP contribution in [0.25, 0.3) is 6.08 Å². The molecule has 2 aromatic carbocycles. The van der Waals surface area contributed by atoms with Crippen LogP contribution in [0.1, 0.15) is 11.1 Å². The molecular formula is C21H21NO5. The summed E-state index contributed by atoms with van der Waals surface area (Å²) in [7, 11) is 3.10. The molecule has 1 heterocycles. The summed E-state index contributed by atoms with van der Waals surface area (Å²) in [6, 6.07) is 13.0. The monoisotopic (exact) mass is 367 g/mol. The summed E-state index contributed by atoms with van der Waals surface area (Å²) in [5, 5.41) is 0. The summed E-state index contributed by atoms with van der Waals surface area (Å²) in [6.45, 7) is 0.320. The highest BCUT2D eigenvalue weighted by molar-refractivity contribution is 5.98. The first-order valence-electron chi connectivity index (χ1n) is 8.57. The Labute approximate surface area is 158 Å². The maximum absolute atomic E-state index is 12.3. The minimum absolute atomic E-state index is 0.229. The van der Waals surface area contributed by atoms with Crippen molar-refractivity contribution in [2.24, 2.45) is 0 Å². The molecular weight excluding hydrogens is 346 g/mol. The van der Waals surface area contributed by atoms with Crippen LogP contribution in [0.2, 0.25) is 0 Å². The van der Waals surface area contributed by atoms with Gasteiger partial charge in [-0.05, 0) is 41.8 Å². The molecule has 0 atom stereocenters. The number of ether oxygens (including phenoxy) is 3. The highest BCUT2D eigenvalue weighted by Gasteiger charge is 2.24. The molecule has 6 nitrogen and oxygen atoms in total. The molecule has 0 N–H and O–H groups in total. The Kier molecular flexibility index (Phi) is 5.76. The predicted octanol–water partition coefficient (Wildman–Crippen LogP) is 2.85. The molecule has 0 unspecified atom stereocenters. The number of methoxy groups -OCH3 is 2. The Morgan fingerprint density at radius 2 is 1.85 bits per heavy atom. The van der Waals surface area contributed by atoms with Crippen LogP contribution in [0, 0.1) is 0 Å². The van der Waals surface area contributed by atoms with Crippen molar-refractivity contribution in [1.29, 1.82) is 0 Å². The molecule has 0 saturated carbocycles. The SMILES string of the molecule is COc1ccc(C=CC(=O)OCC(=O)N2CCc3ccccc32)cc1OC. The number of amides is 1. The smallest absolute Gasteiger partial charge is 0.331 e. The second kappa shape index (κ2) is 8.40. The van der Waals surface area contributed by atoms with Crippen LogP contribution in [-0.4, -0.2) is 39.2 Å². The van der Waals surface area contributed by atoms with Crippen molar-refractivity contribution in [3.05, 3.63) is 59.7 Å². The number of carbonyl (C=O) groups excluding carboxylic acids is 2. The van der Waals surface area contributed by atoms with Gasteiger partial charge in [0.15, 0.2) is 18.1 Å². The maximum Gasteiger partial charge on any atom is 0.331 e. The number of fused-ring (bicyclic) bond motifs is 1. The van der Waals surface area contributed by atoms with E-state index in [1.807, 2.05) is 24.3 Å². The lowest BCUT2D eigenvalue weighted by Crippen LogP contribution is -2.33. The summed E-state index contributed by atoms with van der Waals surface area (Å²) in [4.78, 5) is 25.9. The number of hydrogen-bond donors (Lipinski definition) is 0. The molecule has 1 aliphatic rings. The topological polar surface area (TPSA) is 65.1 Å². The quantitative estimate of drug-likeness (QED) is 0.580. The van der Waals surface area contributed by atoms with E-state index in [2.05, 4.69) is 0 Å². The minimum Gasteiger partial charge on any atom is -0.493 e. The summed E-state index contributed by atoms with van der Waals surface area (Å²) in [5.41, 5.74) is 2.77. The second-order valence-electron chi connectivity index (χ2n) is 5.98. The molecule has 0 fully saturated rings. The van der Waals surface area contributed by atoms with Gasteiger partial charge in [-0.2, -0.15) is 0 Å². The normalized spacial score (nSPS) is 12.7. The lowest BCUT2D eigenvalue weighted by atomic mass is 10.2. The van der Waals surface area contributed by atoms with E-state index in [9.17, 15) is 9.59 Å². The van der Waals surface area contributed by atoms with E-state index in [0.717, 1.165) is 23.2 Å². The number of anilines is 1. The third-order valence-electron chi connectivity index (χ3n) is 4.35. The number of rotatable bonds is 6. The number of para-hydroxylation sites is 1. The van der Waals surface area contributed by atoms with Crippen LogP contribution in [0.15, 0.2) is 48.5 Å². The number of benzene rings is 2. The first-order valence-corrected chi connectivity index (χ1v) is 8.57. The lowest BCUT2D eigenvalue weighted by Gasteiger charge is -2.16. The molecule has 0 aliphatic carbocycles. The van der Waals surface area contributed by atoms with Crippen molar-refractivity contribution in [1.82, 2.24) is 0 Å². The van der Waals surface area contributed by atoms with E-state index in [4.69, 9.17) is 14.2 Å². The van der Waals surface area contributed by atoms with Crippen molar-refractivity contribution in [2.45, 2.75) is 6.42 Å². The highest BCUT2D eigenvalue weighted by atomic mass is 16.5. The average Bonchev–Trinajstić information content (AvgIpc) is 3.14. The fourth-order valence-corrected chi connectivity index (χ4v) is 2.98. The fraction of sp³-hybridized carbons (Fsp3) is 0.238. The lowest BCUT2D eigenvalue weighted by molar-refractivity contribution is -0.142. The maximum atomic E-state index is 12.3. The summed E-state index contributed by atoms with van der Waals surface area (Å²) in [6.07, 6.45) is 3.70. The van der Waals surface area contributed by atoms with Gasteiger partial charge in [-0.1, -0.05) is 24.3 Å². The zero-order chi connectivity index (χ0) is 19.2. The van der Waals surface area contributed by atoms with E-state index in [1.165, 1.54) is 6.08 Å². The molecule has 140 valence electrons. The van der Waals surface area contributed by atoms with Crippen molar-refractivity contribution >= 4 is 23.6 Å². The molecule has 0 radical (unpaired) electrons. The molecule has 2 aromatic rings. The third-order valence-corrected chi connectivity index (χ3v) is 4.35. The van der Waals surface area contributed by atoms with Crippen LogP contribution in [0.3, 0.4) is 0 Å². The van der Waals surface area contributed by atoms with Crippen molar-refractivity contribution in [2.75, 3.05) is 32.3 Å². The van der Waals surface area contributed by atoms with Crippen LogP contribution >= 0.6 is 0 Å². The fourth-order valence-electron chi connectivity index (χ4n) is 2.98. The van der Waals surface area contributed by atoms with Gasteiger partial charge in [0.1, 0.15) is 0 Å². The van der Waals surface area contributed by atoms with Gasteiger partial charge in [0, 0.05) is 18.3 Å². The van der Waals surface area contributed by atoms with E-state index in [0.29, 0.717) is 18.0 Å². The first-order chi connectivity index (χ1) is 13.1. The minimum atomic E-state index is -0.578. The number of hydrogen-bond acceptors (Lipinski definition) is 5. The van der Waals surface area contributed by atoms with Gasteiger partial charge in [0.05, 0.1) is 14.2 Å². The first kappa shape index (κ1) is 18.5. The van der Waals surface area contributed by atoms with Gasteiger partial charge in [0.2, 0.25) is 0 Å². The molecule has 1 amide bonds. The van der Waals surface area contributed by atoms with Crippen LogP contribution in [0.4, 0.5) is 5.69 Å². The summed E-state index contributed by atoms with van der Waals surface area (Å²) in [5.74, 6) is 0.364. The zero-order valence-electron chi connectivity index (χ0n) is 15.3. The Balaban J connectivity index is 1.55. The van der Waals surface area contributed by atoms with Gasteiger partial charge in [-0.3, -0.25) is 4.79 Å². The Bertz CT molecular complexity index is 875. The Morgan fingerprint density at radius 3 is 2.63 bits per heavy atom. The van der Waals surface area contributed by atoms with Crippen molar-refractivity contribution in [3.63, 3.8) is 0 Å². The van der Waals surface area contributed by atoms with Gasteiger partial charge in [-0.25, -0.2) is 4.79 Å². The van der Waals surface area contributed by atoms with Gasteiger partial charge >= 0.3 is 5.97 Å². The standard InChI is InChI=1S/C21H21NO5/c1-25-18-9-7-15(13-19(18)26-2)8-10-21(24)27-14-20(23)22-12-11-16-5-3-4-6-17(16)22/h3-10,13H,11-12,14H2,1-2H3. The van der Waals surface area contributed by atoms with Crippen molar-refractivity contribution in [3.8, 4) is 11.5 Å². The summed E-state index contributed by atoms with van der Waals surface area (Å²) < 4.78 is 15.5. The van der Waals surface area contributed by atoms with Gasteiger partial charge in [-0.15, -0.1) is 0 Å².